The fraction of sp³-hybridized carbons (Fsp3) is 0.391. The minimum absolute atomic E-state index is 0.101. The molecule has 0 aliphatic carbocycles. The van der Waals surface area contributed by atoms with Gasteiger partial charge in [0.05, 0.1) is 35.0 Å². The molecule has 7 nitrogen and oxygen atoms in total. The molecule has 3 aliphatic rings. The van der Waals surface area contributed by atoms with Gasteiger partial charge in [0.15, 0.2) is 0 Å². The highest BCUT2D eigenvalue weighted by atomic mass is 35.5. The van der Waals surface area contributed by atoms with Gasteiger partial charge in [0, 0.05) is 36.8 Å². The second-order valence-corrected chi connectivity index (χ2v) is 9.34. The Morgan fingerprint density at radius 3 is 2.84 bits per heavy atom. The monoisotopic (exact) mass is 438 g/mol. The van der Waals surface area contributed by atoms with E-state index < -0.39 is 0 Å². The van der Waals surface area contributed by atoms with Crippen molar-refractivity contribution in [2.45, 2.75) is 37.3 Å². The average molecular weight is 439 g/mol. The zero-order valence-corrected chi connectivity index (χ0v) is 18.0. The third-order valence-corrected chi connectivity index (χ3v) is 7.12. The van der Waals surface area contributed by atoms with E-state index in [0.717, 1.165) is 30.6 Å². The van der Waals surface area contributed by atoms with Crippen LogP contribution in [0.4, 0.5) is 5.69 Å². The molecule has 0 saturated carbocycles. The third-order valence-electron chi connectivity index (χ3n) is 6.88. The Bertz CT molecular complexity index is 1180. The molecule has 1 atom stereocenters. The zero-order chi connectivity index (χ0) is 21.2. The highest BCUT2D eigenvalue weighted by Crippen LogP contribution is 2.50. The lowest BCUT2D eigenvalue weighted by Crippen LogP contribution is -2.48. The number of amides is 1. The number of rotatable bonds is 1. The van der Waals surface area contributed by atoms with Crippen LogP contribution in [0.3, 0.4) is 0 Å². The van der Waals surface area contributed by atoms with Gasteiger partial charge in [-0.3, -0.25) is 4.79 Å². The molecule has 31 heavy (non-hydrogen) atoms. The number of carbonyl (C=O) groups is 1. The maximum absolute atomic E-state index is 12.7. The first-order chi connectivity index (χ1) is 15.0. The molecule has 3 aromatic rings. The number of aryl methyl sites for hydroxylation is 1. The van der Waals surface area contributed by atoms with E-state index in [9.17, 15) is 4.79 Å². The molecule has 0 bridgehead atoms. The minimum Gasteiger partial charge on any atom is -0.372 e. The van der Waals surface area contributed by atoms with E-state index in [1.54, 1.807) is 6.07 Å². The quantitative estimate of drug-likeness (QED) is 0.618. The number of benzene rings is 1. The second kappa shape index (κ2) is 6.61. The number of nitrogens with one attached hydrogen (secondary N) is 1. The van der Waals surface area contributed by atoms with Gasteiger partial charge in [0.2, 0.25) is 5.76 Å². The van der Waals surface area contributed by atoms with E-state index in [0.29, 0.717) is 36.2 Å². The van der Waals surface area contributed by atoms with Crippen LogP contribution in [-0.2, 0) is 10.3 Å². The van der Waals surface area contributed by atoms with Gasteiger partial charge in [0.1, 0.15) is 5.54 Å². The number of halogens is 1. The van der Waals surface area contributed by atoms with E-state index in [1.165, 1.54) is 5.69 Å². The van der Waals surface area contributed by atoms with Crippen molar-refractivity contribution in [1.29, 1.82) is 0 Å². The van der Waals surface area contributed by atoms with E-state index in [-0.39, 0.29) is 17.0 Å². The van der Waals surface area contributed by atoms with Gasteiger partial charge in [-0.2, -0.15) is 0 Å². The molecule has 1 unspecified atom stereocenters. The molecule has 3 aliphatic heterocycles. The number of aromatic nitrogens is 2. The molecule has 2 fully saturated rings. The molecule has 2 spiro atoms. The van der Waals surface area contributed by atoms with Crippen LogP contribution in [0.25, 0.3) is 5.69 Å². The number of carbonyl (C=O) groups excluding carboxylic acids is 1. The summed E-state index contributed by atoms with van der Waals surface area (Å²) in [5, 5.41) is 8.30. The summed E-state index contributed by atoms with van der Waals surface area (Å²) in [5.41, 5.74) is 3.46. The fourth-order valence-corrected chi connectivity index (χ4v) is 5.53. The van der Waals surface area contributed by atoms with Crippen molar-refractivity contribution >= 4 is 23.2 Å². The molecule has 0 radical (unpaired) electrons. The molecular formula is C23H23ClN4O3. The number of anilines is 1. The number of likely N-dealkylation sites (tertiary alicyclic amines) is 1. The smallest absolute Gasteiger partial charge is 0.292 e. The molecule has 1 N–H and O–H groups in total. The third kappa shape index (κ3) is 2.91. The standard InChI is InChI=1S/C23H23ClN4O3/c1-15-11-19(31-26-15)21(29)27-9-6-22(7-10-27)13-23(14-30-22)20-3-2-8-28(20)18-5-4-16(24)12-17(18)25-23/h2-5,8,11-12,25H,6-7,9-10,13-14H2,1H3. The predicted molar refractivity (Wildman–Crippen MR) is 116 cm³/mol. The van der Waals surface area contributed by atoms with Crippen LogP contribution >= 0.6 is 11.6 Å². The summed E-state index contributed by atoms with van der Waals surface area (Å²) in [6.45, 7) is 3.67. The fourth-order valence-electron chi connectivity index (χ4n) is 5.35. The number of piperidine rings is 1. The van der Waals surface area contributed by atoms with Gasteiger partial charge < -0.3 is 24.0 Å². The number of fused-ring (bicyclic) bond motifs is 4. The van der Waals surface area contributed by atoms with Crippen LogP contribution < -0.4 is 5.32 Å². The largest absolute Gasteiger partial charge is 0.372 e. The lowest BCUT2D eigenvalue weighted by Gasteiger charge is -2.41. The minimum atomic E-state index is -0.310. The molecule has 160 valence electrons. The molecule has 2 saturated heterocycles. The molecule has 8 heteroatoms. The van der Waals surface area contributed by atoms with Crippen molar-refractivity contribution < 1.29 is 14.1 Å². The summed E-state index contributed by atoms with van der Waals surface area (Å²) in [6.07, 6.45) is 4.52. The van der Waals surface area contributed by atoms with E-state index >= 15 is 0 Å². The van der Waals surface area contributed by atoms with Crippen molar-refractivity contribution in [2.24, 2.45) is 0 Å². The van der Waals surface area contributed by atoms with Crippen LogP contribution in [-0.4, -0.2) is 45.8 Å². The van der Waals surface area contributed by atoms with Gasteiger partial charge in [-0.1, -0.05) is 16.8 Å². The molecule has 1 aromatic carbocycles. The molecule has 1 amide bonds. The van der Waals surface area contributed by atoms with Crippen LogP contribution in [0.5, 0.6) is 0 Å². The number of ether oxygens (including phenoxy) is 1. The summed E-state index contributed by atoms with van der Waals surface area (Å²) in [7, 11) is 0. The van der Waals surface area contributed by atoms with Crippen molar-refractivity contribution in [3.8, 4) is 5.69 Å². The highest BCUT2D eigenvalue weighted by Gasteiger charge is 2.54. The summed E-state index contributed by atoms with van der Waals surface area (Å²) < 4.78 is 13.9. The molecule has 2 aromatic heterocycles. The Kier molecular flexibility index (Phi) is 4.04. The normalized spacial score (nSPS) is 23.6. The molecular weight excluding hydrogens is 416 g/mol. The van der Waals surface area contributed by atoms with Gasteiger partial charge in [0.25, 0.3) is 5.91 Å². The van der Waals surface area contributed by atoms with Crippen LogP contribution in [0.2, 0.25) is 5.02 Å². The maximum Gasteiger partial charge on any atom is 0.292 e. The number of hydrogen-bond acceptors (Lipinski definition) is 5. The Morgan fingerprint density at radius 1 is 1.23 bits per heavy atom. The summed E-state index contributed by atoms with van der Waals surface area (Å²) >= 11 is 6.28. The molecule has 6 rings (SSSR count). The highest BCUT2D eigenvalue weighted by molar-refractivity contribution is 6.31. The summed E-state index contributed by atoms with van der Waals surface area (Å²) in [6, 6.07) is 11.9. The van der Waals surface area contributed by atoms with E-state index in [1.807, 2.05) is 30.0 Å². The summed E-state index contributed by atoms with van der Waals surface area (Å²) in [5.74, 6) is 0.203. The van der Waals surface area contributed by atoms with Gasteiger partial charge >= 0.3 is 0 Å². The second-order valence-electron chi connectivity index (χ2n) is 8.91. The predicted octanol–water partition coefficient (Wildman–Crippen LogP) is 4.14. The number of nitrogens with zero attached hydrogens (tertiary/aromatic N) is 3. The molecule has 5 heterocycles. The lowest BCUT2D eigenvalue weighted by molar-refractivity contribution is -0.0397. The van der Waals surface area contributed by atoms with Crippen molar-refractivity contribution in [2.75, 3.05) is 25.0 Å². The van der Waals surface area contributed by atoms with Crippen molar-refractivity contribution in [3.63, 3.8) is 0 Å². The maximum atomic E-state index is 12.7. The lowest BCUT2D eigenvalue weighted by atomic mass is 9.79. The SMILES string of the molecule is Cc1cc(C(=O)N2CCC3(CC2)CC2(CO3)Nc3cc(Cl)ccc3-n3cccc32)on1. The van der Waals surface area contributed by atoms with Crippen LogP contribution in [0, 0.1) is 6.92 Å². The van der Waals surface area contributed by atoms with Crippen LogP contribution in [0.1, 0.15) is 41.2 Å². The average Bonchev–Trinajstić information content (AvgIpc) is 3.49. The first-order valence-electron chi connectivity index (χ1n) is 10.6. The van der Waals surface area contributed by atoms with E-state index in [4.69, 9.17) is 20.9 Å². The Hall–Kier alpha value is -2.77. The first-order valence-corrected chi connectivity index (χ1v) is 11.0. The van der Waals surface area contributed by atoms with Gasteiger partial charge in [-0.25, -0.2) is 0 Å². The first kappa shape index (κ1) is 19.0. The Labute approximate surface area is 184 Å². The Morgan fingerprint density at radius 2 is 2.06 bits per heavy atom. The topological polar surface area (TPSA) is 72.5 Å². The van der Waals surface area contributed by atoms with Gasteiger partial charge in [-0.05, 0) is 50.1 Å². The van der Waals surface area contributed by atoms with Gasteiger partial charge in [-0.15, -0.1) is 0 Å². The number of hydrogen-bond donors (Lipinski definition) is 1. The summed E-state index contributed by atoms with van der Waals surface area (Å²) in [4.78, 5) is 14.6. The zero-order valence-electron chi connectivity index (χ0n) is 17.2. The van der Waals surface area contributed by atoms with Crippen molar-refractivity contribution in [3.05, 3.63) is 64.8 Å². The van der Waals surface area contributed by atoms with Crippen molar-refractivity contribution in [1.82, 2.24) is 14.6 Å². The Balaban J connectivity index is 1.24. The van der Waals surface area contributed by atoms with Crippen LogP contribution in [0.15, 0.2) is 47.1 Å². The van der Waals surface area contributed by atoms with E-state index in [2.05, 4.69) is 33.4 Å².